The maximum Gasteiger partial charge on any atom is 0.299 e. The fraction of sp³-hybridized carbons (Fsp3) is 0.273. The maximum atomic E-state index is 13.3. The minimum atomic E-state index is -0.324. The van der Waals surface area contributed by atoms with E-state index in [-0.39, 0.29) is 18.0 Å². The molecule has 1 aliphatic rings. The van der Waals surface area contributed by atoms with Crippen molar-refractivity contribution in [2.75, 3.05) is 11.4 Å². The summed E-state index contributed by atoms with van der Waals surface area (Å²) in [4.78, 5) is 21.4. The molecule has 0 bridgehead atoms. The van der Waals surface area contributed by atoms with E-state index in [0.717, 1.165) is 36.0 Å². The lowest BCUT2D eigenvalue weighted by Gasteiger charge is -2.25. The lowest BCUT2D eigenvalue weighted by atomic mass is 10.1. The van der Waals surface area contributed by atoms with Gasteiger partial charge >= 0.3 is 0 Å². The van der Waals surface area contributed by atoms with E-state index in [1.807, 2.05) is 59.5 Å². The van der Waals surface area contributed by atoms with Gasteiger partial charge in [0.25, 0.3) is 6.01 Å². The molecule has 8 heteroatoms. The van der Waals surface area contributed by atoms with E-state index in [4.69, 9.17) is 4.42 Å². The second kappa shape index (κ2) is 7.98. The Morgan fingerprint density at radius 3 is 2.67 bits per heavy atom. The van der Waals surface area contributed by atoms with Crippen molar-refractivity contribution in [1.29, 1.82) is 0 Å². The zero-order chi connectivity index (χ0) is 20.3. The highest BCUT2D eigenvalue weighted by Gasteiger charge is 2.35. The van der Waals surface area contributed by atoms with Crippen molar-refractivity contribution in [2.45, 2.75) is 31.5 Å². The summed E-state index contributed by atoms with van der Waals surface area (Å²) < 4.78 is 5.92. The van der Waals surface area contributed by atoms with Gasteiger partial charge in [-0.05, 0) is 30.5 Å². The van der Waals surface area contributed by atoms with Crippen molar-refractivity contribution in [2.24, 2.45) is 0 Å². The first-order valence-corrected chi connectivity index (χ1v) is 10.1. The van der Waals surface area contributed by atoms with Gasteiger partial charge in [-0.1, -0.05) is 42.5 Å². The number of carbonyl (C=O) groups excluding carboxylic acids is 1. The number of aromatic nitrogens is 4. The number of nitrogens with zero attached hydrogens (tertiary/aromatic N) is 5. The quantitative estimate of drug-likeness (QED) is 0.533. The zero-order valence-corrected chi connectivity index (χ0v) is 16.4. The molecule has 152 valence electrons. The molecule has 1 amide bonds. The number of carbonyl (C=O) groups is 1. The van der Waals surface area contributed by atoms with Crippen LogP contribution in [0.3, 0.4) is 0 Å². The van der Waals surface area contributed by atoms with Gasteiger partial charge in [-0.2, -0.15) is 20.0 Å². The monoisotopic (exact) mass is 402 g/mol. The normalized spacial score (nSPS) is 17.3. The Hall–Kier alpha value is -3.68. The van der Waals surface area contributed by atoms with Crippen LogP contribution in [0.2, 0.25) is 0 Å². The predicted octanol–water partition coefficient (Wildman–Crippen LogP) is 2.95. The Kier molecular flexibility index (Phi) is 4.88. The first kappa shape index (κ1) is 18.4. The molecule has 1 fully saturated rings. The molecule has 0 saturated carbocycles. The fourth-order valence-electron chi connectivity index (χ4n) is 3.94. The molecule has 0 aliphatic carbocycles. The smallest absolute Gasteiger partial charge is 0.299 e. The van der Waals surface area contributed by atoms with E-state index < -0.39 is 0 Å². The highest BCUT2D eigenvalue weighted by molar-refractivity contribution is 5.86. The van der Waals surface area contributed by atoms with Crippen molar-refractivity contribution in [3.8, 4) is 0 Å². The number of oxazole rings is 1. The van der Waals surface area contributed by atoms with E-state index in [1.54, 1.807) is 17.2 Å². The second-order valence-electron chi connectivity index (χ2n) is 7.37. The maximum absolute atomic E-state index is 13.3. The third-order valence-corrected chi connectivity index (χ3v) is 5.41. The summed E-state index contributed by atoms with van der Waals surface area (Å²) in [6.07, 6.45) is 4.94. The molecule has 30 heavy (non-hydrogen) atoms. The molecular weight excluding hydrogens is 380 g/mol. The molecule has 1 N–H and O–H groups in total. The van der Waals surface area contributed by atoms with E-state index >= 15 is 0 Å². The van der Waals surface area contributed by atoms with E-state index in [9.17, 15) is 4.79 Å². The van der Waals surface area contributed by atoms with Crippen LogP contribution in [0.5, 0.6) is 0 Å². The Bertz CT molecular complexity index is 1090. The molecule has 2 aromatic carbocycles. The predicted molar refractivity (Wildman–Crippen MR) is 112 cm³/mol. The van der Waals surface area contributed by atoms with Gasteiger partial charge in [0.1, 0.15) is 11.6 Å². The summed E-state index contributed by atoms with van der Waals surface area (Å²) >= 11 is 0. The summed E-state index contributed by atoms with van der Waals surface area (Å²) in [5.74, 6) is -0.0456. The minimum absolute atomic E-state index is 0.0456. The summed E-state index contributed by atoms with van der Waals surface area (Å²) in [5.41, 5.74) is 2.53. The lowest BCUT2D eigenvalue weighted by molar-refractivity contribution is -0.123. The van der Waals surface area contributed by atoms with Crippen molar-refractivity contribution in [3.05, 3.63) is 72.6 Å². The number of rotatable bonds is 6. The number of para-hydroxylation sites is 2. The lowest BCUT2D eigenvalue weighted by Crippen LogP contribution is -2.45. The number of benzene rings is 2. The molecule has 2 atom stereocenters. The van der Waals surface area contributed by atoms with Gasteiger partial charge in [-0.25, -0.2) is 0 Å². The van der Waals surface area contributed by atoms with Gasteiger partial charge in [-0.15, -0.1) is 0 Å². The number of amides is 1. The van der Waals surface area contributed by atoms with Crippen molar-refractivity contribution >= 4 is 23.0 Å². The van der Waals surface area contributed by atoms with Crippen LogP contribution in [-0.4, -0.2) is 38.5 Å². The number of anilines is 1. The number of hydrogen-bond donors (Lipinski definition) is 1. The van der Waals surface area contributed by atoms with E-state index in [1.165, 1.54) is 0 Å². The third-order valence-electron chi connectivity index (χ3n) is 5.41. The Labute approximate surface area is 173 Å². The first-order valence-electron chi connectivity index (χ1n) is 10.1. The summed E-state index contributed by atoms with van der Waals surface area (Å²) in [7, 11) is 0. The number of nitrogens with one attached hydrogen (secondary N) is 1. The molecule has 2 aromatic heterocycles. The fourth-order valence-corrected chi connectivity index (χ4v) is 3.94. The van der Waals surface area contributed by atoms with Crippen LogP contribution in [0.15, 0.2) is 71.4 Å². The van der Waals surface area contributed by atoms with Crippen LogP contribution in [0, 0.1) is 0 Å². The largest absolute Gasteiger partial charge is 0.423 e. The second-order valence-corrected chi connectivity index (χ2v) is 7.37. The molecule has 0 unspecified atom stereocenters. The SMILES string of the molecule is O=C(N[C@@H](Cn1nccn1)c1ccccc1)[C@H]1CCCN1c1nc2ccccc2o1. The van der Waals surface area contributed by atoms with Crippen molar-refractivity contribution < 1.29 is 9.21 Å². The van der Waals surface area contributed by atoms with Crippen LogP contribution < -0.4 is 10.2 Å². The molecule has 5 rings (SSSR count). The topological polar surface area (TPSA) is 89.1 Å². The first-order chi connectivity index (χ1) is 14.8. The Balaban J connectivity index is 1.37. The third kappa shape index (κ3) is 3.63. The average Bonchev–Trinajstić information content (AvgIpc) is 3.53. The van der Waals surface area contributed by atoms with Crippen LogP contribution in [0.25, 0.3) is 11.1 Å². The van der Waals surface area contributed by atoms with E-state index in [0.29, 0.717) is 12.6 Å². The van der Waals surface area contributed by atoms with Crippen LogP contribution >= 0.6 is 0 Å². The summed E-state index contributed by atoms with van der Waals surface area (Å²) in [6.45, 7) is 1.19. The Morgan fingerprint density at radius 1 is 1.10 bits per heavy atom. The van der Waals surface area contributed by atoms with Crippen molar-refractivity contribution in [3.63, 3.8) is 0 Å². The molecule has 1 saturated heterocycles. The van der Waals surface area contributed by atoms with Gasteiger partial charge in [0, 0.05) is 6.54 Å². The molecule has 0 radical (unpaired) electrons. The molecule has 3 heterocycles. The molecule has 1 aliphatic heterocycles. The van der Waals surface area contributed by atoms with E-state index in [2.05, 4.69) is 20.5 Å². The van der Waals surface area contributed by atoms with Gasteiger partial charge < -0.3 is 14.6 Å². The highest BCUT2D eigenvalue weighted by Crippen LogP contribution is 2.29. The van der Waals surface area contributed by atoms with Crippen LogP contribution in [-0.2, 0) is 11.3 Å². The summed E-state index contributed by atoms with van der Waals surface area (Å²) in [6, 6.07) is 17.5. The average molecular weight is 402 g/mol. The van der Waals surface area contributed by atoms with Crippen LogP contribution in [0.1, 0.15) is 24.4 Å². The van der Waals surface area contributed by atoms with Gasteiger partial charge in [0.2, 0.25) is 5.91 Å². The zero-order valence-electron chi connectivity index (χ0n) is 16.4. The standard InChI is InChI=1S/C22H22N6O2/c29-21(25-18(15-28-23-12-13-24-28)16-7-2-1-3-8-16)19-10-6-14-27(19)22-26-17-9-4-5-11-20(17)30-22/h1-5,7-9,11-13,18-19H,6,10,14-15H2,(H,25,29)/t18-,19+/m0/s1. The highest BCUT2D eigenvalue weighted by atomic mass is 16.4. The number of fused-ring (bicyclic) bond motifs is 1. The minimum Gasteiger partial charge on any atom is -0.423 e. The summed E-state index contributed by atoms with van der Waals surface area (Å²) in [5, 5.41) is 11.6. The molecular formula is C22H22N6O2. The molecule has 4 aromatic rings. The number of hydrogen-bond acceptors (Lipinski definition) is 6. The molecule has 0 spiro atoms. The van der Waals surface area contributed by atoms with Crippen LogP contribution in [0.4, 0.5) is 6.01 Å². The van der Waals surface area contributed by atoms with Gasteiger partial charge in [0.05, 0.1) is 25.0 Å². The Morgan fingerprint density at radius 2 is 1.87 bits per heavy atom. The van der Waals surface area contributed by atoms with Gasteiger partial charge in [0.15, 0.2) is 5.58 Å². The van der Waals surface area contributed by atoms with Gasteiger partial charge in [-0.3, -0.25) is 4.79 Å². The molecule has 8 nitrogen and oxygen atoms in total. The van der Waals surface area contributed by atoms with Crippen molar-refractivity contribution in [1.82, 2.24) is 25.3 Å².